The average molecular weight is 418 g/mol. The van der Waals surface area contributed by atoms with E-state index >= 15 is 0 Å². The Balaban J connectivity index is 1.47. The van der Waals surface area contributed by atoms with Gasteiger partial charge in [0.2, 0.25) is 0 Å². The molecule has 31 heavy (non-hydrogen) atoms. The van der Waals surface area contributed by atoms with Crippen LogP contribution < -0.4 is 15.4 Å². The first-order chi connectivity index (χ1) is 15.2. The standard InChI is InChI=1S/C25H27N3O3/c1-31-20-13-11-19(12-14-20)27-25(30)24(29)26-17-23(28-15-4-5-16-28)22-10-6-8-18-7-2-3-9-21(18)22/h2-3,6-14,23H,4-5,15-17H2,1H3,(H,26,29)(H,27,30). The lowest BCUT2D eigenvalue weighted by Gasteiger charge is -2.29. The van der Waals surface area contributed by atoms with E-state index in [9.17, 15) is 9.59 Å². The molecule has 0 spiro atoms. The Bertz CT molecular complexity index is 1050. The summed E-state index contributed by atoms with van der Waals surface area (Å²) in [5.74, 6) is -0.630. The van der Waals surface area contributed by atoms with Gasteiger partial charge >= 0.3 is 11.8 Å². The third kappa shape index (κ3) is 4.86. The largest absolute Gasteiger partial charge is 0.497 e. The Morgan fingerprint density at radius 2 is 1.65 bits per heavy atom. The van der Waals surface area contributed by atoms with E-state index in [1.165, 1.54) is 16.3 Å². The fourth-order valence-electron chi connectivity index (χ4n) is 4.16. The zero-order valence-electron chi connectivity index (χ0n) is 17.6. The molecule has 3 aromatic rings. The number of hydrogen-bond donors (Lipinski definition) is 2. The van der Waals surface area contributed by atoms with Crippen molar-refractivity contribution in [3.05, 3.63) is 72.3 Å². The molecule has 0 saturated carbocycles. The lowest BCUT2D eigenvalue weighted by atomic mass is 9.97. The van der Waals surface area contributed by atoms with E-state index in [1.54, 1.807) is 31.4 Å². The number of ether oxygens (including phenoxy) is 1. The molecule has 0 bridgehead atoms. The average Bonchev–Trinajstić information content (AvgIpc) is 3.34. The van der Waals surface area contributed by atoms with Gasteiger partial charge in [0.15, 0.2) is 0 Å². The number of carbonyl (C=O) groups excluding carboxylic acids is 2. The second kappa shape index (κ2) is 9.62. The normalized spacial score (nSPS) is 14.9. The minimum Gasteiger partial charge on any atom is -0.497 e. The molecular weight excluding hydrogens is 390 g/mol. The molecule has 0 radical (unpaired) electrons. The lowest BCUT2D eigenvalue weighted by molar-refractivity contribution is -0.136. The maximum atomic E-state index is 12.5. The number of fused-ring (bicyclic) bond motifs is 1. The number of carbonyl (C=O) groups is 2. The van der Waals surface area contributed by atoms with Crippen LogP contribution in [0.2, 0.25) is 0 Å². The molecule has 4 rings (SSSR count). The number of methoxy groups -OCH3 is 1. The zero-order valence-corrected chi connectivity index (χ0v) is 17.6. The molecule has 3 aromatic carbocycles. The van der Waals surface area contributed by atoms with Crippen molar-refractivity contribution in [1.82, 2.24) is 10.2 Å². The van der Waals surface area contributed by atoms with Gasteiger partial charge in [-0.15, -0.1) is 0 Å². The topological polar surface area (TPSA) is 70.7 Å². The second-order valence-corrected chi connectivity index (χ2v) is 7.72. The molecule has 6 heteroatoms. The Kier molecular flexibility index (Phi) is 6.48. The van der Waals surface area contributed by atoms with Crippen molar-refractivity contribution < 1.29 is 14.3 Å². The van der Waals surface area contributed by atoms with E-state index in [-0.39, 0.29) is 6.04 Å². The van der Waals surface area contributed by atoms with Crippen molar-refractivity contribution in [1.29, 1.82) is 0 Å². The molecule has 1 saturated heterocycles. The van der Waals surface area contributed by atoms with E-state index in [1.807, 2.05) is 12.1 Å². The van der Waals surface area contributed by atoms with Crippen molar-refractivity contribution >= 4 is 28.3 Å². The zero-order chi connectivity index (χ0) is 21.6. The molecule has 0 aromatic heterocycles. The van der Waals surface area contributed by atoms with Gasteiger partial charge in [-0.1, -0.05) is 42.5 Å². The molecule has 0 aliphatic carbocycles. The molecule has 1 unspecified atom stereocenters. The Morgan fingerprint density at radius 1 is 0.935 bits per heavy atom. The number of nitrogens with one attached hydrogen (secondary N) is 2. The van der Waals surface area contributed by atoms with Crippen LogP contribution in [0.3, 0.4) is 0 Å². The second-order valence-electron chi connectivity index (χ2n) is 7.72. The van der Waals surface area contributed by atoms with Crippen LogP contribution in [0.5, 0.6) is 5.75 Å². The van der Waals surface area contributed by atoms with Gasteiger partial charge in [-0.3, -0.25) is 14.5 Å². The van der Waals surface area contributed by atoms with E-state index < -0.39 is 11.8 Å². The molecule has 1 aliphatic heterocycles. The summed E-state index contributed by atoms with van der Waals surface area (Å²) in [6.07, 6.45) is 2.29. The third-order valence-electron chi connectivity index (χ3n) is 5.77. The minimum atomic E-state index is -0.678. The van der Waals surface area contributed by atoms with Gasteiger partial charge in [0.1, 0.15) is 5.75 Å². The maximum Gasteiger partial charge on any atom is 0.313 e. The Labute approximate surface area is 182 Å². The highest BCUT2D eigenvalue weighted by atomic mass is 16.5. The first-order valence-corrected chi connectivity index (χ1v) is 10.6. The summed E-state index contributed by atoms with van der Waals surface area (Å²) in [5, 5.41) is 7.84. The molecule has 1 atom stereocenters. The number of benzene rings is 3. The summed E-state index contributed by atoms with van der Waals surface area (Å²) in [7, 11) is 1.58. The fourth-order valence-corrected chi connectivity index (χ4v) is 4.16. The molecule has 160 valence electrons. The van der Waals surface area contributed by atoms with Crippen LogP contribution in [-0.4, -0.2) is 43.5 Å². The van der Waals surface area contributed by atoms with Crippen LogP contribution in [0.4, 0.5) is 5.69 Å². The van der Waals surface area contributed by atoms with Gasteiger partial charge in [0.05, 0.1) is 13.2 Å². The van der Waals surface area contributed by atoms with Crippen molar-refractivity contribution in [3.63, 3.8) is 0 Å². The summed E-state index contributed by atoms with van der Waals surface area (Å²) >= 11 is 0. The van der Waals surface area contributed by atoms with E-state index in [4.69, 9.17) is 4.74 Å². The minimum absolute atomic E-state index is 0.0198. The summed E-state index contributed by atoms with van der Waals surface area (Å²) < 4.78 is 5.11. The van der Waals surface area contributed by atoms with E-state index in [0.717, 1.165) is 25.9 Å². The quantitative estimate of drug-likeness (QED) is 0.600. The highest BCUT2D eigenvalue weighted by Crippen LogP contribution is 2.30. The number of nitrogens with zero attached hydrogens (tertiary/aromatic N) is 1. The number of hydrogen-bond acceptors (Lipinski definition) is 4. The maximum absolute atomic E-state index is 12.5. The fraction of sp³-hybridized carbons (Fsp3) is 0.280. The first-order valence-electron chi connectivity index (χ1n) is 10.6. The van der Waals surface area contributed by atoms with Crippen LogP contribution in [0.25, 0.3) is 10.8 Å². The van der Waals surface area contributed by atoms with Gasteiger partial charge in [0.25, 0.3) is 0 Å². The van der Waals surface area contributed by atoms with Gasteiger partial charge in [-0.05, 0) is 66.5 Å². The number of likely N-dealkylation sites (tertiary alicyclic amines) is 1. The number of rotatable bonds is 6. The van der Waals surface area contributed by atoms with Crippen molar-refractivity contribution in [2.24, 2.45) is 0 Å². The predicted octanol–water partition coefficient (Wildman–Crippen LogP) is 3.74. The van der Waals surface area contributed by atoms with E-state index in [2.05, 4.69) is 45.9 Å². The first kappa shape index (κ1) is 20.9. The Morgan fingerprint density at radius 3 is 2.39 bits per heavy atom. The lowest BCUT2D eigenvalue weighted by Crippen LogP contribution is -2.41. The Hall–Kier alpha value is -3.38. The smallest absolute Gasteiger partial charge is 0.313 e. The predicted molar refractivity (Wildman–Crippen MR) is 122 cm³/mol. The summed E-state index contributed by atoms with van der Waals surface area (Å²) in [5.41, 5.74) is 1.72. The number of anilines is 1. The molecule has 2 amide bonds. The van der Waals surface area contributed by atoms with Crippen LogP contribution in [-0.2, 0) is 9.59 Å². The molecule has 1 heterocycles. The van der Waals surface area contributed by atoms with Gasteiger partial charge in [-0.2, -0.15) is 0 Å². The molecule has 1 fully saturated rings. The summed E-state index contributed by atoms with van der Waals surface area (Å²) in [6, 6.07) is 21.4. The van der Waals surface area contributed by atoms with Crippen LogP contribution in [0.1, 0.15) is 24.4 Å². The van der Waals surface area contributed by atoms with Crippen LogP contribution >= 0.6 is 0 Å². The highest BCUT2D eigenvalue weighted by Gasteiger charge is 2.26. The van der Waals surface area contributed by atoms with E-state index in [0.29, 0.717) is 18.0 Å². The monoisotopic (exact) mass is 417 g/mol. The molecule has 2 N–H and O–H groups in total. The van der Waals surface area contributed by atoms with Crippen LogP contribution in [0, 0.1) is 0 Å². The number of amides is 2. The molecule has 6 nitrogen and oxygen atoms in total. The van der Waals surface area contributed by atoms with Gasteiger partial charge in [-0.25, -0.2) is 0 Å². The van der Waals surface area contributed by atoms with Crippen LogP contribution in [0.15, 0.2) is 66.7 Å². The van der Waals surface area contributed by atoms with Gasteiger partial charge < -0.3 is 15.4 Å². The summed E-state index contributed by atoms with van der Waals surface area (Å²) in [4.78, 5) is 27.3. The third-order valence-corrected chi connectivity index (χ3v) is 5.77. The van der Waals surface area contributed by atoms with Crippen molar-refractivity contribution in [2.75, 3.05) is 32.1 Å². The SMILES string of the molecule is COc1ccc(NC(=O)C(=O)NCC(c2cccc3ccccc23)N2CCCC2)cc1. The van der Waals surface area contributed by atoms with Crippen molar-refractivity contribution in [3.8, 4) is 5.75 Å². The summed E-state index contributed by atoms with van der Waals surface area (Å²) in [6.45, 7) is 2.35. The molecular formula is C25H27N3O3. The molecule has 1 aliphatic rings. The highest BCUT2D eigenvalue weighted by molar-refractivity contribution is 6.39. The van der Waals surface area contributed by atoms with Gasteiger partial charge in [0, 0.05) is 12.2 Å². The van der Waals surface area contributed by atoms with Crippen molar-refractivity contribution in [2.45, 2.75) is 18.9 Å².